The van der Waals surface area contributed by atoms with Crippen LogP contribution in [-0.4, -0.2) is 22.8 Å². The van der Waals surface area contributed by atoms with Crippen molar-refractivity contribution in [3.8, 4) is 0 Å². The highest BCUT2D eigenvalue weighted by Crippen LogP contribution is 2.06. The fraction of sp³-hybridized carbons (Fsp3) is 0.286. The average molecular weight is 259 g/mol. The van der Waals surface area contributed by atoms with Crippen molar-refractivity contribution in [1.29, 1.82) is 0 Å². The van der Waals surface area contributed by atoms with Crippen molar-refractivity contribution < 1.29 is 9.53 Å². The Kier molecular flexibility index (Phi) is 4.30. The topological polar surface area (TPSA) is 56.1 Å². The highest BCUT2D eigenvalue weighted by Gasteiger charge is 2.07. The first kappa shape index (κ1) is 13.3. The summed E-state index contributed by atoms with van der Waals surface area (Å²) in [6.07, 6.45) is 3.24. The number of rotatable bonds is 5. The predicted octanol–water partition coefficient (Wildman–Crippen LogP) is 1.50. The van der Waals surface area contributed by atoms with Crippen LogP contribution >= 0.6 is 0 Å². The molecule has 1 aromatic carbocycles. The number of benzene rings is 1. The van der Waals surface area contributed by atoms with Gasteiger partial charge in [0.1, 0.15) is 0 Å². The Morgan fingerprint density at radius 1 is 1.42 bits per heavy atom. The number of nitrogens with one attached hydrogen (secondary N) is 1. The molecule has 0 unspecified atom stereocenters. The van der Waals surface area contributed by atoms with E-state index in [1.54, 1.807) is 31.2 Å². The first-order valence-corrected chi connectivity index (χ1v) is 6.02. The number of ether oxygens (including phenoxy) is 1. The van der Waals surface area contributed by atoms with Gasteiger partial charge in [-0.1, -0.05) is 24.3 Å². The van der Waals surface area contributed by atoms with Crippen molar-refractivity contribution in [3.63, 3.8) is 0 Å². The minimum absolute atomic E-state index is 0.120. The zero-order valence-electron chi connectivity index (χ0n) is 11.1. The zero-order chi connectivity index (χ0) is 13.7. The van der Waals surface area contributed by atoms with Gasteiger partial charge in [0.2, 0.25) is 0 Å². The van der Waals surface area contributed by atoms with E-state index in [4.69, 9.17) is 4.74 Å². The van der Waals surface area contributed by atoms with Gasteiger partial charge in [0, 0.05) is 26.9 Å². The molecule has 0 bridgehead atoms. The molecule has 2 aromatic rings. The lowest BCUT2D eigenvalue weighted by Crippen LogP contribution is -2.22. The van der Waals surface area contributed by atoms with Gasteiger partial charge in [0.15, 0.2) is 0 Å². The van der Waals surface area contributed by atoms with E-state index in [1.165, 1.54) is 0 Å². The molecule has 0 atom stereocenters. The minimum Gasteiger partial charge on any atom is -0.380 e. The molecule has 0 aliphatic carbocycles. The second kappa shape index (κ2) is 6.15. The average Bonchev–Trinajstić information content (AvgIpc) is 2.84. The molecule has 0 saturated heterocycles. The maximum atomic E-state index is 11.9. The Labute approximate surface area is 112 Å². The van der Waals surface area contributed by atoms with Crippen LogP contribution in [0, 0.1) is 0 Å². The van der Waals surface area contributed by atoms with E-state index >= 15 is 0 Å². The van der Waals surface area contributed by atoms with Gasteiger partial charge in [-0.25, -0.2) is 0 Å². The van der Waals surface area contributed by atoms with Crippen molar-refractivity contribution in [2.75, 3.05) is 7.11 Å². The summed E-state index contributed by atoms with van der Waals surface area (Å²) in [4.78, 5) is 11.9. The second-order valence-corrected chi connectivity index (χ2v) is 4.34. The van der Waals surface area contributed by atoms with Crippen molar-refractivity contribution in [2.45, 2.75) is 13.2 Å². The quantitative estimate of drug-likeness (QED) is 0.885. The molecule has 1 aromatic heterocycles. The normalized spacial score (nSPS) is 10.4. The number of carbonyl (C=O) groups is 1. The molecule has 2 rings (SSSR count). The summed E-state index contributed by atoms with van der Waals surface area (Å²) in [6.45, 7) is 1.07. The van der Waals surface area contributed by atoms with Gasteiger partial charge in [0.05, 0.1) is 18.4 Å². The fourth-order valence-electron chi connectivity index (χ4n) is 1.82. The molecule has 0 fully saturated rings. The third-order valence-electron chi connectivity index (χ3n) is 2.72. The Hall–Kier alpha value is -2.14. The van der Waals surface area contributed by atoms with E-state index in [9.17, 15) is 4.79 Å². The minimum atomic E-state index is -0.120. The Balaban J connectivity index is 1.95. The molecule has 19 heavy (non-hydrogen) atoms. The maximum Gasteiger partial charge on any atom is 0.254 e. The third-order valence-corrected chi connectivity index (χ3v) is 2.72. The lowest BCUT2D eigenvalue weighted by molar-refractivity contribution is 0.0951. The van der Waals surface area contributed by atoms with E-state index in [2.05, 4.69) is 10.4 Å². The van der Waals surface area contributed by atoms with Gasteiger partial charge in [-0.3, -0.25) is 9.48 Å². The van der Waals surface area contributed by atoms with Crippen LogP contribution in [0.2, 0.25) is 0 Å². The summed E-state index contributed by atoms with van der Waals surface area (Å²) in [7, 11) is 3.45. The smallest absolute Gasteiger partial charge is 0.254 e. The number of hydrogen-bond donors (Lipinski definition) is 1. The summed E-state index contributed by atoms with van der Waals surface area (Å²) in [5.41, 5.74) is 2.71. The molecule has 100 valence electrons. The summed E-state index contributed by atoms with van der Waals surface area (Å²) in [5, 5.41) is 6.84. The number of amides is 1. The molecule has 1 amide bonds. The SMILES string of the molecule is COCc1cccc(CNC(=O)c2cnn(C)c2)c1. The lowest BCUT2D eigenvalue weighted by Gasteiger charge is -2.06. The summed E-state index contributed by atoms with van der Waals surface area (Å²) in [5.74, 6) is -0.120. The van der Waals surface area contributed by atoms with E-state index in [0.29, 0.717) is 18.7 Å². The largest absolute Gasteiger partial charge is 0.380 e. The Morgan fingerprint density at radius 3 is 2.89 bits per heavy atom. The molecule has 1 heterocycles. The van der Waals surface area contributed by atoms with Crippen molar-refractivity contribution in [1.82, 2.24) is 15.1 Å². The number of nitrogens with zero attached hydrogens (tertiary/aromatic N) is 2. The number of methoxy groups -OCH3 is 1. The highest BCUT2D eigenvalue weighted by atomic mass is 16.5. The van der Waals surface area contributed by atoms with E-state index < -0.39 is 0 Å². The van der Waals surface area contributed by atoms with Crippen molar-refractivity contribution in [3.05, 3.63) is 53.3 Å². The fourth-order valence-corrected chi connectivity index (χ4v) is 1.82. The molecule has 0 aliphatic rings. The molecule has 5 nitrogen and oxygen atoms in total. The van der Waals surface area contributed by atoms with Gasteiger partial charge in [0.25, 0.3) is 5.91 Å². The Bertz CT molecular complexity index is 563. The van der Waals surface area contributed by atoms with Crippen molar-refractivity contribution in [2.24, 2.45) is 7.05 Å². The number of hydrogen-bond acceptors (Lipinski definition) is 3. The molecule has 0 aliphatic heterocycles. The molecule has 5 heteroatoms. The van der Waals surface area contributed by atoms with Gasteiger partial charge < -0.3 is 10.1 Å². The first-order chi connectivity index (χ1) is 9.19. The molecular weight excluding hydrogens is 242 g/mol. The van der Waals surface area contributed by atoms with Crippen LogP contribution in [0.15, 0.2) is 36.7 Å². The second-order valence-electron chi connectivity index (χ2n) is 4.34. The first-order valence-electron chi connectivity index (χ1n) is 6.02. The van der Waals surface area contributed by atoms with Gasteiger partial charge >= 0.3 is 0 Å². The van der Waals surface area contributed by atoms with Crippen LogP contribution in [0.4, 0.5) is 0 Å². The van der Waals surface area contributed by atoms with Crippen LogP contribution < -0.4 is 5.32 Å². The van der Waals surface area contributed by atoms with E-state index in [0.717, 1.165) is 11.1 Å². The van der Waals surface area contributed by atoms with E-state index in [-0.39, 0.29) is 5.91 Å². The van der Waals surface area contributed by atoms with Crippen LogP contribution in [0.3, 0.4) is 0 Å². The lowest BCUT2D eigenvalue weighted by atomic mass is 10.1. The number of carbonyl (C=O) groups excluding carboxylic acids is 1. The van der Waals surface area contributed by atoms with Gasteiger partial charge in [-0.15, -0.1) is 0 Å². The summed E-state index contributed by atoms with van der Waals surface area (Å²) >= 11 is 0. The maximum absolute atomic E-state index is 11.9. The molecular formula is C14H17N3O2. The standard InChI is InChI=1S/C14H17N3O2/c1-17-9-13(8-16-17)14(18)15-7-11-4-3-5-12(6-11)10-19-2/h3-6,8-9H,7,10H2,1-2H3,(H,15,18). The molecule has 0 spiro atoms. The monoisotopic (exact) mass is 259 g/mol. The van der Waals surface area contributed by atoms with Crippen LogP contribution in [0.5, 0.6) is 0 Å². The van der Waals surface area contributed by atoms with Crippen LogP contribution in [0.25, 0.3) is 0 Å². The van der Waals surface area contributed by atoms with Crippen molar-refractivity contribution >= 4 is 5.91 Å². The summed E-state index contributed by atoms with van der Waals surface area (Å²) in [6, 6.07) is 7.95. The van der Waals surface area contributed by atoms with E-state index in [1.807, 2.05) is 24.3 Å². The predicted molar refractivity (Wildman–Crippen MR) is 71.5 cm³/mol. The highest BCUT2D eigenvalue weighted by molar-refractivity contribution is 5.93. The van der Waals surface area contributed by atoms with Crippen LogP contribution in [-0.2, 0) is 24.9 Å². The Morgan fingerprint density at radius 2 is 2.21 bits per heavy atom. The zero-order valence-corrected chi connectivity index (χ0v) is 11.1. The molecule has 0 radical (unpaired) electrons. The number of aryl methyl sites for hydroxylation is 1. The molecule has 1 N–H and O–H groups in total. The molecule has 0 saturated carbocycles. The van der Waals surface area contributed by atoms with Crippen LogP contribution in [0.1, 0.15) is 21.5 Å². The summed E-state index contributed by atoms with van der Waals surface area (Å²) < 4.78 is 6.69. The van der Waals surface area contributed by atoms with Gasteiger partial charge in [-0.05, 0) is 11.1 Å². The number of aromatic nitrogens is 2. The third kappa shape index (κ3) is 3.66. The van der Waals surface area contributed by atoms with Gasteiger partial charge in [-0.2, -0.15) is 5.10 Å².